The van der Waals surface area contributed by atoms with E-state index in [4.69, 9.17) is 18.6 Å². The molecule has 0 aromatic rings. The van der Waals surface area contributed by atoms with Crippen LogP contribution in [0.1, 0.15) is 76.2 Å². The molecule has 0 bridgehead atoms. The maximum atomic E-state index is 6.56. The first-order valence-corrected chi connectivity index (χ1v) is 13.5. The van der Waals surface area contributed by atoms with Crippen molar-refractivity contribution in [2.45, 2.75) is 123 Å². The van der Waals surface area contributed by atoms with Crippen molar-refractivity contribution in [1.82, 2.24) is 0 Å². The van der Waals surface area contributed by atoms with E-state index in [0.29, 0.717) is 5.92 Å². The van der Waals surface area contributed by atoms with Crippen molar-refractivity contribution >= 4 is 23.0 Å². The highest BCUT2D eigenvalue weighted by atomic mass is 28.3. The number of rotatable bonds is 5. The molecule has 2 aliphatic heterocycles. The molecule has 1 radical (unpaired) electrons. The predicted octanol–water partition coefficient (Wildman–Crippen LogP) is 5.50. The monoisotopic (exact) mass is 409 g/mol. The lowest BCUT2D eigenvalue weighted by Gasteiger charge is -2.39. The molecule has 4 nitrogen and oxygen atoms in total. The summed E-state index contributed by atoms with van der Waals surface area (Å²) >= 11 is 0. The highest BCUT2D eigenvalue weighted by Gasteiger charge is 2.64. The SMILES string of the molecule is C[Si](C)CC(C(B1OC(C)(C)C(C)(C)O1)B1OC(C)(C)C(C)(C)O1)C(C)(C)C. The van der Waals surface area contributed by atoms with E-state index in [-0.39, 0.29) is 47.8 Å². The van der Waals surface area contributed by atoms with Gasteiger partial charge in [0.2, 0.25) is 0 Å². The fraction of sp³-hybridized carbons (Fsp3) is 1.00. The van der Waals surface area contributed by atoms with Crippen molar-refractivity contribution in [3.8, 4) is 0 Å². The van der Waals surface area contributed by atoms with Crippen LogP contribution < -0.4 is 0 Å². The standard InChI is InChI=1S/C21H43B2O4Si/c1-17(2,3)15(14-28(12)13)16(22-24-18(4,5)19(6,7)25-22)23-26-20(8,9)21(10,11)27-23/h15-16H,14H2,1-13H3. The summed E-state index contributed by atoms with van der Waals surface area (Å²) in [6.45, 7) is 28.7. The summed E-state index contributed by atoms with van der Waals surface area (Å²) in [5.74, 6) is 0.376. The number of hydrogen-bond donors (Lipinski definition) is 0. The van der Waals surface area contributed by atoms with Gasteiger partial charge in [-0.25, -0.2) is 0 Å². The van der Waals surface area contributed by atoms with Gasteiger partial charge in [-0.2, -0.15) is 0 Å². The average molecular weight is 409 g/mol. The molecule has 1 unspecified atom stereocenters. The summed E-state index contributed by atoms with van der Waals surface area (Å²) in [6.07, 6.45) is 0. The Balaban J connectivity index is 2.48. The summed E-state index contributed by atoms with van der Waals surface area (Å²) in [5.41, 5.74) is -1.35. The van der Waals surface area contributed by atoms with E-state index >= 15 is 0 Å². The topological polar surface area (TPSA) is 36.9 Å². The minimum absolute atomic E-state index is 0.0157. The van der Waals surface area contributed by atoms with Crippen LogP contribution in [0, 0.1) is 11.3 Å². The Labute approximate surface area is 176 Å². The van der Waals surface area contributed by atoms with Gasteiger partial charge in [-0.3, -0.25) is 0 Å². The minimum Gasteiger partial charge on any atom is -0.403 e. The highest BCUT2D eigenvalue weighted by molar-refractivity contribution is 6.69. The van der Waals surface area contributed by atoms with E-state index in [9.17, 15) is 0 Å². The zero-order valence-electron chi connectivity index (χ0n) is 20.6. The van der Waals surface area contributed by atoms with Gasteiger partial charge in [0.25, 0.3) is 0 Å². The molecular weight excluding hydrogens is 366 g/mol. The molecule has 2 heterocycles. The smallest absolute Gasteiger partial charge is 0.403 e. The van der Waals surface area contributed by atoms with E-state index in [2.05, 4.69) is 89.3 Å². The van der Waals surface area contributed by atoms with Crippen LogP contribution >= 0.6 is 0 Å². The lowest BCUT2D eigenvalue weighted by Crippen LogP contribution is -2.47. The molecule has 0 spiro atoms. The molecule has 0 aliphatic carbocycles. The van der Waals surface area contributed by atoms with E-state index < -0.39 is 8.80 Å². The maximum Gasteiger partial charge on any atom is 0.459 e. The van der Waals surface area contributed by atoms with Gasteiger partial charge in [0.1, 0.15) is 0 Å². The molecule has 2 aliphatic rings. The van der Waals surface area contributed by atoms with Crippen LogP contribution in [0.25, 0.3) is 0 Å². The Kier molecular flexibility index (Phi) is 6.47. The normalized spacial score (nSPS) is 27.1. The van der Waals surface area contributed by atoms with Crippen LogP contribution in [0.5, 0.6) is 0 Å². The van der Waals surface area contributed by atoms with Gasteiger partial charge in [0.15, 0.2) is 0 Å². The van der Waals surface area contributed by atoms with Crippen LogP contribution in [-0.4, -0.2) is 45.4 Å². The second-order valence-corrected chi connectivity index (χ2v) is 15.0. The van der Waals surface area contributed by atoms with Crippen molar-refractivity contribution in [3.05, 3.63) is 0 Å². The molecular formula is C21H43B2O4Si. The van der Waals surface area contributed by atoms with E-state index in [1.54, 1.807) is 0 Å². The van der Waals surface area contributed by atoms with Gasteiger partial charge >= 0.3 is 14.2 Å². The first-order chi connectivity index (χ1) is 12.3. The lowest BCUT2D eigenvalue weighted by atomic mass is 9.44. The van der Waals surface area contributed by atoms with Crippen molar-refractivity contribution in [1.29, 1.82) is 0 Å². The summed E-state index contributed by atoms with van der Waals surface area (Å²) in [4.78, 5) is 0. The zero-order chi connectivity index (χ0) is 21.9. The van der Waals surface area contributed by atoms with Crippen LogP contribution in [-0.2, 0) is 18.6 Å². The second-order valence-electron chi connectivity index (χ2n) is 12.2. The summed E-state index contributed by atoms with van der Waals surface area (Å²) in [6, 6.07) is 1.17. The van der Waals surface area contributed by atoms with Gasteiger partial charge in [0.05, 0.1) is 22.4 Å². The maximum absolute atomic E-state index is 6.56. The van der Waals surface area contributed by atoms with Gasteiger partial charge in [-0.05, 0) is 66.7 Å². The van der Waals surface area contributed by atoms with Crippen LogP contribution in [0.15, 0.2) is 0 Å². The molecule has 0 N–H and O–H groups in total. The van der Waals surface area contributed by atoms with Gasteiger partial charge < -0.3 is 18.6 Å². The molecule has 0 saturated carbocycles. The quantitative estimate of drug-likeness (QED) is 0.563. The third-order valence-electron chi connectivity index (χ3n) is 7.38. The molecule has 2 saturated heterocycles. The average Bonchev–Trinajstić information content (AvgIpc) is 2.76. The van der Waals surface area contributed by atoms with E-state index in [1.807, 2.05) is 0 Å². The Morgan fingerprint density at radius 1 is 0.679 bits per heavy atom. The largest absolute Gasteiger partial charge is 0.459 e. The molecule has 2 rings (SSSR count). The van der Waals surface area contributed by atoms with Crippen LogP contribution in [0.2, 0.25) is 24.9 Å². The summed E-state index contributed by atoms with van der Waals surface area (Å²) in [7, 11) is -1.14. The minimum atomic E-state index is -0.454. The Morgan fingerprint density at radius 2 is 0.964 bits per heavy atom. The third kappa shape index (κ3) is 4.59. The lowest BCUT2D eigenvalue weighted by molar-refractivity contribution is 0.00578. The van der Waals surface area contributed by atoms with Crippen molar-refractivity contribution < 1.29 is 18.6 Å². The van der Waals surface area contributed by atoms with Gasteiger partial charge in [0, 0.05) is 14.5 Å². The molecule has 2 fully saturated rings. The number of hydrogen-bond acceptors (Lipinski definition) is 4. The highest BCUT2D eigenvalue weighted by Crippen LogP contribution is 2.52. The van der Waals surface area contributed by atoms with E-state index in [0.717, 1.165) is 0 Å². The first-order valence-electron chi connectivity index (χ1n) is 10.8. The Bertz CT molecular complexity index is 501. The van der Waals surface area contributed by atoms with E-state index in [1.165, 1.54) is 6.04 Å². The molecule has 28 heavy (non-hydrogen) atoms. The fourth-order valence-electron chi connectivity index (χ4n) is 4.06. The van der Waals surface area contributed by atoms with Crippen LogP contribution in [0.4, 0.5) is 0 Å². The summed E-state index contributed by atoms with van der Waals surface area (Å²) in [5, 5.41) is 0. The van der Waals surface area contributed by atoms with Gasteiger partial charge in [-0.15, -0.1) is 0 Å². The molecule has 7 heteroatoms. The van der Waals surface area contributed by atoms with Crippen molar-refractivity contribution in [2.24, 2.45) is 11.3 Å². The fourth-order valence-corrected chi connectivity index (χ4v) is 5.82. The molecule has 0 aromatic heterocycles. The van der Waals surface area contributed by atoms with Crippen molar-refractivity contribution in [2.75, 3.05) is 0 Å². The molecule has 0 amide bonds. The zero-order valence-corrected chi connectivity index (χ0v) is 21.6. The Morgan fingerprint density at radius 3 is 1.18 bits per heavy atom. The van der Waals surface area contributed by atoms with Crippen molar-refractivity contribution in [3.63, 3.8) is 0 Å². The first kappa shape index (κ1) is 24.5. The Hall–Kier alpha value is 0.187. The molecule has 1 atom stereocenters. The third-order valence-corrected chi connectivity index (χ3v) is 8.63. The predicted molar refractivity (Wildman–Crippen MR) is 121 cm³/mol. The van der Waals surface area contributed by atoms with Crippen LogP contribution in [0.3, 0.4) is 0 Å². The second kappa shape index (κ2) is 7.40. The van der Waals surface area contributed by atoms with Gasteiger partial charge in [-0.1, -0.05) is 39.9 Å². The molecule has 161 valence electrons. The molecule has 0 aromatic carbocycles. The summed E-state index contributed by atoms with van der Waals surface area (Å²) < 4.78 is 26.2.